The van der Waals surface area contributed by atoms with E-state index >= 15 is 0 Å². The number of anilines is 1. The summed E-state index contributed by atoms with van der Waals surface area (Å²) in [4.78, 5) is 2.06. The number of nitrogens with zero attached hydrogens (tertiary/aromatic N) is 1. The molecular weight excluding hydrogens is 162 g/mol. The zero-order chi connectivity index (χ0) is 9.47. The van der Waals surface area contributed by atoms with Crippen LogP contribution in [0.3, 0.4) is 0 Å². The Morgan fingerprint density at radius 1 is 1.15 bits per heavy atom. The molecule has 1 aliphatic carbocycles. The quantitative estimate of drug-likeness (QED) is 0.743. The summed E-state index contributed by atoms with van der Waals surface area (Å²) in [7, 11) is 4.03. The van der Waals surface area contributed by atoms with Gasteiger partial charge in [0.1, 0.15) is 0 Å². The molecule has 0 spiro atoms. The first kappa shape index (κ1) is 8.57. The van der Waals surface area contributed by atoms with Crippen molar-refractivity contribution in [3.63, 3.8) is 0 Å². The van der Waals surface area contributed by atoms with E-state index in [0.29, 0.717) is 0 Å². The second-order valence-corrected chi connectivity index (χ2v) is 3.97. The summed E-state index contributed by atoms with van der Waals surface area (Å²) in [6.45, 7) is 0. The minimum atomic E-state index is -0.495. The first-order valence-corrected chi connectivity index (χ1v) is 4.62. The summed E-state index contributed by atoms with van der Waals surface area (Å²) in [5, 5.41) is 9.82. The Morgan fingerprint density at radius 3 is 2.08 bits per heavy atom. The third kappa shape index (κ3) is 1.54. The average Bonchev–Trinajstić information content (AvgIpc) is 2.85. The lowest BCUT2D eigenvalue weighted by molar-refractivity contribution is 0.151. The number of rotatable bonds is 2. The first-order chi connectivity index (χ1) is 6.12. The van der Waals surface area contributed by atoms with Crippen molar-refractivity contribution in [3.8, 4) is 0 Å². The van der Waals surface area contributed by atoms with Crippen LogP contribution in [-0.2, 0) is 5.60 Å². The Bertz CT molecular complexity index is 298. The van der Waals surface area contributed by atoms with Gasteiger partial charge in [0, 0.05) is 19.8 Å². The molecule has 0 radical (unpaired) electrons. The molecule has 1 N–H and O–H groups in total. The molecule has 1 fully saturated rings. The van der Waals surface area contributed by atoms with Crippen LogP contribution in [0.4, 0.5) is 5.69 Å². The first-order valence-electron chi connectivity index (χ1n) is 4.62. The predicted octanol–water partition coefficient (Wildman–Crippen LogP) is 1.73. The van der Waals surface area contributed by atoms with Crippen LogP contribution < -0.4 is 4.90 Å². The maximum Gasteiger partial charge on any atom is 0.0899 e. The van der Waals surface area contributed by atoms with Crippen LogP contribution >= 0.6 is 0 Å². The van der Waals surface area contributed by atoms with E-state index in [4.69, 9.17) is 0 Å². The molecule has 0 amide bonds. The SMILES string of the molecule is CN(C)c1ccc(C2(O)CC2)cc1. The lowest BCUT2D eigenvalue weighted by Gasteiger charge is -2.14. The van der Waals surface area contributed by atoms with Gasteiger partial charge in [-0.25, -0.2) is 0 Å². The van der Waals surface area contributed by atoms with Gasteiger partial charge >= 0.3 is 0 Å². The van der Waals surface area contributed by atoms with E-state index in [9.17, 15) is 5.11 Å². The largest absolute Gasteiger partial charge is 0.385 e. The molecule has 0 aliphatic heterocycles. The summed E-state index contributed by atoms with van der Waals surface area (Å²) < 4.78 is 0. The average molecular weight is 177 g/mol. The van der Waals surface area contributed by atoms with Crippen molar-refractivity contribution >= 4 is 5.69 Å². The highest BCUT2D eigenvalue weighted by Crippen LogP contribution is 2.45. The summed E-state index contributed by atoms with van der Waals surface area (Å²) in [6.07, 6.45) is 1.82. The molecule has 1 aromatic rings. The Labute approximate surface area is 78.8 Å². The topological polar surface area (TPSA) is 23.5 Å². The number of hydrogen-bond donors (Lipinski definition) is 1. The van der Waals surface area contributed by atoms with Crippen molar-refractivity contribution in [2.45, 2.75) is 18.4 Å². The highest BCUT2D eigenvalue weighted by atomic mass is 16.3. The van der Waals surface area contributed by atoms with Gasteiger partial charge in [0.15, 0.2) is 0 Å². The van der Waals surface area contributed by atoms with Gasteiger partial charge < -0.3 is 10.0 Å². The zero-order valence-corrected chi connectivity index (χ0v) is 8.12. The fraction of sp³-hybridized carbons (Fsp3) is 0.455. The predicted molar refractivity (Wildman–Crippen MR) is 53.9 cm³/mol. The second kappa shape index (κ2) is 2.74. The van der Waals surface area contributed by atoms with E-state index in [1.807, 2.05) is 38.4 Å². The molecule has 2 nitrogen and oxygen atoms in total. The van der Waals surface area contributed by atoms with Gasteiger partial charge in [-0.05, 0) is 30.5 Å². The lowest BCUT2D eigenvalue weighted by atomic mass is 10.1. The smallest absolute Gasteiger partial charge is 0.0899 e. The standard InChI is InChI=1S/C11H15NO/c1-12(2)10-5-3-9(4-6-10)11(13)7-8-11/h3-6,13H,7-8H2,1-2H3. The molecule has 1 aliphatic rings. The normalized spacial score (nSPS) is 18.4. The van der Waals surface area contributed by atoms with E-state index in [1.165, 1.54) is 5.69 Å². The zero-order valence-electron chi connectivity index (χ0n) is 8.12. The minimum absolute atomic E-state index is 0.495. The molecule has 0 atom stereocenters. The van der Waals surface area contributed by atoms with Crippen molar-refractivity contribution in [1.29, 1.82) is 0 Å². The maximum atomic E-state index is 9.82. The Balaban J connectivity index is 2.24. The number of hydrogen-bond acceptors (Lipinski definition) is 2. The van der Waals surface area contributed by atoms with Gasteiger partial charge in [0.05, 0.1) is 5.60 Å². The van der Waals surface area contributed by atoms with Crippen molar-refractivity contribution in [2.75, 3.05) is 19.0 Å². The second-order valence-electron chi connectivity index (χ2n) is 3.97. The molecule has 70 valence electrons. The molecule has 2 rings (SSSR count). The molecule has 2 heteroatoms. The fourth-order valence-electron chi connectivity index (χ4n) is 1.48. The van der Waals surface area contributed by atoms with Crippen molar-refractivity contribution in [2.24, 2.45) is 0 Å². The maximum absolute atomic E-state index is 9.82. The summed E-state index contributed by atoms with van der Waals surface area (Å²) in [5.41, 5.74) is 1.73. The van der Waals surface area contributed by atoms with Gasteiger partial charge in [0.2, 0.25) is 0 Å². The van der Waals surface area contributed by atoms with Crippen molar-refractivity contribution in [1.82, 2.24) is 0 Å². The summed E-state index contributed by atoms with van der Waals surface area (Å²) in [5.74, 6) is 0. The van der Waals surface area contributed by atoms with E-state index in [0.717, 1.165) is 18.4 Å². The third-order valence-corrected chi connectivity index (χ3v) is 2.64. The molecular formula is C11H15NO. The van der Waals surface area contributed by atoms with Crippen LogP contribution in [0, 0.1) is 0 Å². The molecule has 0 aromatic heterocycles. The van der Waals surface area contributed by atoms with E-state index in [-0.39, 0.29) is 0 Å². The van der Waals surface area contributed by atoms with Gasteiger partial charge in [-0.15, -0.1) is 0 Å². The molecule has 1 saturated carbocycles. The fourth-order valence-corrected chi connectivity index (χ4v) is 1.48. The van der Waals surface area contributed by atoms with E-state index < -0.39 is 5.60 Å². The molecule has 0 unspecified atom stereocenters. The number of benzene rings is 1. The van der Waals surface area contributed by atoms with Gasteiger partial charge in [-0.1, -0.05) is 12.1 Å². The molecule has 0 heterocycles. The summed E-state index contributed by atoms with van der Waals surface area (Å²) >= 11 is 0. The van der Waals surface area contributed by atoms with Crippen LogP contribution in [0.15, 0.2) is 24.3 Å². The van der Waals surface area contributed by atoms with Gasteiger partial charge in [0.25, 0.3) is 0 Å². The van der Waals surface area contributed by atoms with Crippen molar-refractivity contribution < 1.29 is 5.11 Å². The monoisotopic (exact) mass is 177 g/mol. The number of aliphatic hydroxyl groups is 1. The van der Waals surface area contributed by atoms with Gasteiger partial charge in [-0.2, -0.15) is 0 Å². The third-order valence-electron chi connectivity index (χ3n) is 2.64. The van der Waals surface area contributed by atoms with Crippen LogP contribution in [0.2, 0.25) is 0 Å². The molecule has 0 bridgehead atoms. The molecule has 0 saturated heterocycles. The van der Waals surface area contributed by atoms with Crippen molar-refractivity contribution in [3.05, 3.63) is 29.8 Å². The van der Waals surface area contributed by atoms with E-state index in [1.54, 1.807) is 0 Å². The van der Waals surface area contributed by atoms with Crippen LogP contribution in [0.1, 0.15) is 18.4 Å². The lowest BCUT2D eigenvalue weighted by Crippen LogP contribution is -2.09. The van der Waals surface area contributed by atoms with Crippen LogP contribution in [0.5, 0.6) is 0 Å². The van der Waals surface area contributed by atoms with Crippen LogP contribution in [-0.4, -0.2) is 19.2 Å². The molecule has 13 heavy (non-hydrogen) atoms. The highest BCUT2D eigenvalue weighted by Gasteiger charge is 2.41. The van der Waals surface area contributed by atoms with Gasteiger partial charge in [-0.3, -0.25) is 0 Å². The van der Waals surface area contributed by atoms with Crippen LogP contribution in [0.25, 0.3) is 0 Å². The Morgan fingerprint density at radius 2 is 1.69 bits per heavy atom. The Hall–Kier alpha value is -1.02. The molecule has 1 aromatic carbocycles. The Kier molecular flexibility index (Phi) is 1.81. The summed E-state index contributed by atoms with van der Waals surface area (Å²) in [6, 6.07) is 8.13. The minimum Gasteiger partial charge on any atom is -0.385 e. The van der Waals surface area contributed by atoms with E-state index in [2.05, 4.69) is 4.90 Å². The highest BCUT2D eigenvalue weighted by molar-refractivity contribution is 5.47.